The van der Waals surface area contributed by atoms with Crippen LogP contribution in [-0.2, 0) is 6.42 Å². The first kappa shape index (κ1) is 15.3. The number of hydrogen-bond acceptors (Lipinski definition) is 4. The fourth-order valence-corrected chi connectivity index (χ4v) is 2.47. The molecule has 2 heterocycles. The summed E-state index contributed by atoms with van der Waals surface area (Å²) < 4.78 is 0. The lowest BCUT2D eigenvalue weighted by Crippen LogP contribution is -2.29. The Morgan fingerprint density at radius 2 is 2.22 bits per heavy atom. The zero-order valence-corrected chi connectivity index (χ0v) is 13.2. The average Bonchev–Trinajstić information content (AvgIpc) is 2.94. The second kappa shape index (κ2) is 6.26. The topological polar surface area (TPSA) is 82.1 Å². The van der Waals surface area contributed by atoms with Crippen LogP contribution in [0.4, 0.5) is 0 Å². The van der Waals surface area contributed by atoms with Gasteiger partial charge < -0.3 is 15.0 Å². The van der Waals surface area contributed by atoms with Crippen LogP contribution in [0.15, 0.2) is 36.7 Å². The fourth-order valence-electron chi connectivity index (χ4n) is 2.30. The molecule has 3 rings (SSSR count). The summed E-state index contributed by atoms with van der Waals surface area (Å²) in [5.74, 6) is 0.396. The van der Waals surface area contributed by atoms with Gasteiger partial charge in [-0.3, -0.25) is 9.78 Å². The van der Waals surface area contributed by atoms with Crippen molar-refractivity contribution in [3.05, 3.63) is 53.1 Å². The van der Waals surface area contributed by atoms with E-state index in [1.54, 1.807) is 13.1 Å². The van der Waals surface area contributed by atoms with Crippen LogP contribution in [0.25, 0.3) is 11.0 Å². The number of carbonyl (C=O) groups excluding carboxylic acids is 1. The molecule has 0 saturated carbocycles. The summed E-state index contributed by atoms with van der Waals surface area (Å²) in [6.07, 6.45) is 3.30. The fraction of sp³-hybridized carbons (Fsp3) is 0.188. The first-order valence-electron chi connectivity index (χ1n) is 7.07. The molecule has 0 atom stereocenters. The van der Waals surface area contributed by atoms with Crippen LogP contribution in [0.1, 0.15) is 16.2 Å². The minimum Gasteiger partial charge on any atom is -0.505 e. The van der Waals surface area contributed by atoms with E-state index >= 15 is 0 Å². The zero-order valence-electron chi connectivity index (χ0n) is 12.5. The molecule has 0 saturated heterocycles. The zero-order chi connectivity index (χ0) is 16.4. The Labute approximate surface area is 137 Å². The second-order valence-corrected chi connectivity index (χ2v) is 5.65. The third-order valence-electron chi connectivity index (χ3n) is 3.55. The molecule has 1 amide bonds. The van der Waals surface area contributed by atoms with Crippen molar-refractivity contribution in [3.8, 4) is 5.75 Å². The van der Waals surface area contributed by atoms with E-state index in [1.807, 2.05) is 12.1 Å². The maximum absolute atomic E-state index is 12.3. The number of nitrogens with zero attached hydrogens (tertiary/aromatic N) is 3. The van der Waals surface area contributed by atoms with Crippen molar-refractivity contribution in [2.45, 2.75) is 6.42 Å². The van der Waals surface area contributed by atoms with Crippen LogP contribution in [0.2, 0.25) is 5.02 Å². The van der Waals surface area contributed by atoms with Crippen LogP contribution < -0.4 is 0 Å². The molecule has 23 heavy (non-hydrogen) atoms. The number of imidazole rings is 1. The lowest BCUT2D eigenvalue weighted by Gasteiger charge is -2.16. The highest BCUT2D eigenvalue weighted by molar-refractivity contribution is 6.31. The van der Waals surface area contributed by atoms with Gasteiger partial charge in [0.25, 0.3) is 5.91 Å². The van der Waals surface area contributed by atoms with E-state index in [-0.39, 0.29) is 17.2 Å². The molecule has 0 radical (unpaired) electrons. The molecule has 3 aromatic rings. The minimum atomic E-state index is -0.260. The van der Waals surface area contributed by atoms with Crippen LogP contribution in [0, 0.1) is 0 Å². The molecule has 118 valence electrons. The van der Waals surface area contributed by atoms with Gasteiger partial charge in [-0.15, -0.1) is 0 Å². The molecule has 0 fully saturated rings. The lowest BCUT2D eigenvalue weighted by atomic mass is 10.2. The van der Waals surface area contributed by atoms with Gasteiger partial charge in [-0.1, -0.05) is 11.6 Å². The largest absolute Gasteiger partial charge is 0.505 e. The van der Waals surface area contributed by atoms with Gasteiger partial charge in [0.1, 0.15) is 11.6 Å². The smallest absolute Gasteiger partial charge is 0.257 e. The van der Waals surface area contributed by atoms with Crippen molar-refractivity contribution in [1.82, 2.24) is 19.9 Å². The quantitative estimate of drug-likeness (QED) is 0.770. The number of benzene rings is 1. The van der Waals surface area contributed by atoms with Crippen LogP contribution >= 0.6 is 11.6 Å². The van der Waals surface area contributed by atoms with E-state index in [0.29, 0.717) is 18.0 Å². The Balaban J connectivity index is 1.69. The molecule has 2 aromatic heterocycles. The number of fused-ring (bicyclic) bond motifs is 1. The van der Waals surface area contributed by atoms with Gasteiger partial charge in [0.05, 0.1) is 22.8 Å². The Morgan fingerprint density at radius 3 is 3.00 bits per heavy atom. The third-order valence-corrected chi connectivity index (χ3v) is 3.79. The van der Waals surface area contributed by atoms with Gasteiger partial charge in [-0.05, 0) is 24.3 Å². The van der Waals surface area contributed by atoms with Gasteiger partial charge in [0.15, 0.2) is 0 Å². The summed E-state index contributed by atoms with van der Waals surface area (Å²) in [6, 6.07) is 6.95. The van der Waals surface area contributed by atoms with Crippen molar-refractivity contribution in [3.63, 3.8) is 0 Å². The SMILES string of the molecule is CN(CCc1nc2ccc(Cl)cc2[nH]1)C(=O)c1ccncc1O. The number of pyridine rings is 1. The normalized spacial score (nSPS) is 10.9. The van der Waals surface area contributed by atoms with E-state index in [1.165, 1.54) is 23.4 Å². The molecule has 0 aliphatic heterocycles. The number of aromatic hydroxyl groups is 1. The number of halogens is 1. The van der Waals surface area contributed by atoms with Gasteiger partial charge in [0, 0.05) is 31.2 Å². The van der Waals surface area contributed by atoms with Crippen molar-refractivity contribution in [2.75, 3.05) is 13.6 Å². The number of amides is 1. The molecule has 7 heteroatoms. The Kier molecular flexibility index (Phi) is 4.16. The average molecular weight is 331 g/mol. The van der Waals surface area contributed by atoms with E-state index in [4.69, 9.17) is 11.6 Å². The van der Waals surface area contributed by atoms with Gasteiger partial charge in [0.2, 0.25) is 0 Å². The standard InChI is InChI=1S/C16H15ClN4O2/c1-21(16(23)11-4-6-18-9-14(11)22)7-5-15-19-12-3-2-10(17)8-13(12)20-15/h2-4,6,8-9,22H,5,7H2,1H3,(H,19,20). The predicted molar refractivity (Wildman–Crippen MR) is 87.7 cm³/mol. The van der Waals surface area contributed by atoms with Gasteiger partial charge in [-0.2, -0.15) is 0 Å². The predicted octanol–water partition coefficient (Wildman–Crippen LogP) is 2.63. The Morgan fingerprint density at radius 1 is 1.39 bits per heavy atom. The summed E-state index contributed by atoms with van der Waals surface area (Å²) in [5.41, 5.74) is 1.94. The van der Waals surface area contributed by atoms with Crippen LogP contribution in [0.3, 0.4) is 0 Å². The van der Waals surface area contributed by atoms with E-state index in [9.17, 15) is 9.90 Å². The summed E-state index contributed by atoms with van der Waals surface area (Å²) in [4.78, 5) is 25.2. The van der Waals surface area contributed by atoms with Gasteiger partial charge in [-0.25, -0.2) is 4.98 Å². The van der Waals surface area contributed by atoms with Crippen LogP contribution in [-0.4, -0.2) is 44.5 Å². The number of aromatic nitrogens is 3. The first-order valence-corrected chi connectivity index (χ1v) is 7.45. The number of likely N-dealkylation sites (N-methyl/N-ethyl adjacent to an activating group) is 1. The summed E-state index contributed by atoms with van der Waals surface area (Å²) in [6.45, 7) is 0.466. The van der Waals surface area contributed by atoms with E-state index in [2.05, 4.69) is 15.0 Å². The van der Waals surface area contributed by atoms with Crippen molar-refractivity contribution in [1.29, 1.82) is 0 Å². The number of rotatable bonds is 4. The number of aromatic amines is 1. The highest BCUT2D eigenvalue weighted by Gasteiger charge is 2.16. The number of hydrogen-bond donors (Lipinski definition) is 2. The number of nitrogens with one attached hydrogen (secondary N) is 1. The van der Waals surface area contributed by atoms with E-state index in [0.717, 1.165) is 16.9 Å². The van der Waals surface area contributed by atoms with Crippen LogP contribution in [0.5, 0.6) is 5.75 Å². The number of carbonyl (C=O) groups is 1. The highest BCUT2D eigenvalue weighted by atomic mass is 35.5. The molecule has 0 bridgehead atoms. The molecule has 0 unspecified atom stereocenters. The molecule has 0 aliphatic carbocycles. The maximum atomic E-state index is 12.3. The molecular formula is C16H15ClN4O2. The van der Waals surface area contributed by atoms with Crippen molar-refractivity contribution < 1.29 is 9.90 Å². The molecule has 1 aromatic carbocycles. The molecule has 0 spiro atoms. The second-order valence-electron chi connectivity index (χ2n) is 5.21. The number of H-pyrrole nitrogens is 1. The molecule has 6 nitrogen and oxygen atoms in total. The summed E-state index contributed by atoms with van der Waals surface area (Å²) >= 11 is 5.95. The highest BCUT2D eigenvalue weighted by Crippen LogP contribution is 2.18. The Hall–Kier alpha value is -2.60. The van der Waals surface area contributed by atoms with Crippen molar-refractivity contribution >= 4 is 28.5 Å². The monoisotopic (exact) mass is 330 g/mol. The first-order chi connectivity index (χ1) is 11.0. The minimum absolute atomic E-state index is 0.122. The maximum Gasteiger partial charge on any atom is 0.257 e. The lowest BCUT2D eigenvalue weighted by molar-refractivity contribution is 0.0793. The van der Waals surface area contributed by atoms with E-state index < -0.39 is 0 Å². The van der Waals surface area contributed by atoms with Gasteiger partial charge >= 0.3 is 0 Å². The summed E-state index contributed by atoms with van der Waals surface area (Å²) in [7, 11) is 1.68. The third kappa shape index (κ3) is 3.27. The molecular weight excluding hydrogens is 316 g/mol. The summed E-state index contributed by atoms with van der Waals surface area (Å²) in [5, 5.41) is 10.3. The Bertz CT molecular complexity index is 862. The molecule has 0 aliphatic rings. The van der Waals surface area contributed by atoms with Crippen molar-refractivity contribution in [2.24, 2.45) is 0 Å². The molecule has 2 N–H and O–H groups in total.